The molecule has 0 unspecified atom stereocenters. The van der Waals surface area contributed by atoms with Crippen LogP contribution in [0, 0.1) is 12.8 Å². The van der Waals surface area contributed by atoms with Crippen LogP contribution >= 0.6 is 0 Å². The topological polar surface area (TPSA) is 56.7 Å². The predicted molar refractivity (Wildman–Crippen MR) is 81.3 cm³/mol. The van der Waals surface area contributed by atoms with Gasteiger partial charge in [0.25, 0.3) is 0 Å². The number of aromatic nitrogens is 3. The predicted octanol–water partition coefficient (Wildman–Crippen LogP) is 2.49. The molecule has 20 heavy (non-hydrogen) atoms. The van der Waals surface area contributed by atoms with Gasteiger partial charge in [-0.1, -0.05) is 43.7 Å². The largest absolute Gasteiger partial charge is 0.324 e. The number of benzene rings is 1. The van der Waals surface area contributed by atoms with Crippen molar-refractivity contribution in [3.05, 3.63) is 47.0 Å². The molecule has 1 aromatic heterocycles. The molecule has 108 valence electrons. The molecule has 0 saturated heterocycles. The number of aryl methyl sites for hydroxylation is 3. The maximum Gasteiger partial charge on any atom is 0.146 e. The minimum Gasteiger partial charge on any atom is -0.324 e. The zero-order chi connectivity index (χ0) is 14.5. The normalized spacial score (nSPS) is 11.2. The van der Waals surface area contributed by atoms with Crippen LogP contribution in [0.15, 0.2) is 24.3 Å². The maximum absolute atomic E-state index is 5.74. The van der Waals surface area contributed by atoms with Crippen LogP contribution in [0.25, 0.3) is 0 Å². The molecule has 0 spiro atoms. The molecule has 0 aliphatic rings. The van der Waals surface area contributed by atoms with Crippen LogP contribution in [0.4, 0.5) is 0 Å². The summed E-state index contributed by atoms with van der Waals surface area (Å²) in [6.45, 7) is 7.89. The van der Waals surface area contributed by atoms with Gasteiger partial charge in [0.05, 0.1) is 6.54 Å². The third kappa shape index (κ3) is 3.67. The Kier molecular flexibility index (Phi) is 4.90. The van der Waals surface area contributed by atoms with Crippen LogP contribution in [0.3, 0.4) is 0 Å². The van der Waals surface area contributed by atoms with E-state index >= 15 is 0 Å². The van der Waals surface area contributed by atoms with Gasteiger partial charge in [-0.25, -0.2) is 0 Å². The lowest BCUT2D eigenvalue weighted by Crippen LogP contribution is -2.15. The first-order valence-electron chi connectivity index (χ1n) is 7.26. The Morgan fingerprint density at radius 2 is 1.70 bits per heavy atom. The van der Waals surface area contributed by atoms with Crippen molar-refractivity contribution in [1.82, 2.24) is 14.8 Å². The van der Waals surface area contributed by atoms with Crippen molar-refractivity contribution in [3.63, 3.8) is 0 Å². The van der Waals surface area contributed by atoms with Crippen molar-refractivity contribution >= 4 is 0 Å². The highest BCUT2D eigenvalue weighted by atomic mass is 15.3. The van der Waals surface area contributed by atoms with E-state index in [2.05, 4.69) is 59.8 Å². The van der Waals surface area contributed by atoms with Gasteiger partial charge >= 0.3 is 0 Å². The van der Waals surface area contributed by atoms with Crippen molar-refractivity contribution in [2.45, 2.75) is 46.7 Å². The quantitative estimate of drug-likeness (QED) is 0.879. The maximum atomic E-state index is 5.74. The zero-order valence-electron chi connectivity index (χ0n) is 12.6. The summed E-state index contributed by atoms with van der Waals surface area (Å²) >= 11 is 0. The highest BCUT2D eigenvalue weighted by molar-refractivity contribution is 5.21. The van der Waals surface area contributed by atoms with Crippen molar-refractivity contribution in [1.29, 1.82) is 0 Å². The van der Waals surface area contributed by atoms with E-state index in [0.717, 1.165) is 31.0 Å². The molecule has 0 atom stereocenters. The molecule has 0 bridgehead atoms. The van der Waals surface area contributed by atoms with Crippen molar-refractivity contribution in [3.8, 4) is 0 Å². The van der Waals surface area contributed by atoms with Gasteiger partial charge in [0.1, 0.15) is 11.6 Å². The van der Waals surface area contributed by atoms with Gasteiger partial charge in [0.2, 0.25) is 0 Å². The summed E-state index contributed by atoms with van der Waals surface area (Å²) in [5, 5.41) is 8.51. The van der Waals surface area contributed by atoms with E-state index in [1.165, 1.54) is 11.1 Å². The first-order valence-corrected chi connectivity index (χ1v) is 7.26. The lowest BCUT2D eigenvalue weighted by atomic mass is 10.1. The molecule has 0 amide bonds. The van der Waals surface area contributed by atoms with Crippen molar-refractivity contribution < 1.29 is 0 Å². The molecule has 2 N–H and O–H groups in total. The van der Waals surface area contributed by atoms with Gasteiger partial charge in [-0.2, -0.15) is 0 Å². The van der Waals surface area contributed by atoms with Crippen LogP contribution in [0.2, 0.25) is 0 Å². The third-order valence-corrected chi connectivity index (χ3v) is 3.39. The summed E-state index contributed by atoms with van der Waals surface area (Å²) in [7, 11) is 0. The lowest BCUT2D eigenvalue weighted by Gasteiger charge is -2.12. The third-order valence-electron chi connectivity index (χ3n) is 3.39. The molecule has 2 aromatic rings. The first kappa shape index (κ1) is 14.7. The van der Waals surface area contributed by atoms with Gasteiger partial charge < -0.3 is 10.3 Å². The molecule has 4 nitrogen and oxygen atoms in total. The molecule has 0 saturated carbocycles. The molecule has 1 aromatic carbocycles. The number of nitrogens with zero attached hydrogens (tertiary/aromatic N) is 3. The Morgan fingerprint density at radius 3 is 2.30 bits per heavy atom. The van der Waals surface area contributed by atoms with Crippen LogP contribution in [0.5, 0.6) is 0 Å². The van der Waals surface area contributed by atoms with E-state index in [-0.39, 0.29) is 0 Å². The Hall–Kier alpha value is -1.68. The smallest absolute Gasteiger partial charge is 0.146 e. The summed E-state index contributed by atoms with van der Waals surface area (Å²) in [6.07, 6.45) is 1.89. The minimum absolute atomic E-state index is 0.449. The monoisotopic (exact) mass is 272 g/mol. The van der Waals surface area contributed by atoms with Crippen molar-refractivity contribution in [2.24, 2.45) is 11.7 Å². The molecular formula is C16H24N4. The average Bonchev–Trinajstić information content (AvgIpc) is 2.79. The van der Waals surface area contributed by atoms with E-state index in [1.54, 1.807) is 0 Å². The van der Waals surface area contributed by atoms with E-state index in [9.17, 15) is 0 Å². The van der Waals surface area contributed by atoms with Gasteiger partial charge in [-0.3, -0.25) is 0 Å². The Bertz CT molecular complexity index is 540. The summed E-state index contributed by atoms with van der Waals surface area (Å²) in [6, 6.07) is 8.67. The van der Waals surface area contributed by atoms with Crippen LogP contribution in [-0.2, 0) is 25.9 Å². The fraction of sp³-hybridized carbons (Fsp3) is 0.500. The van der Waals surface area contributed by atoms with Gasteiger partial charge in [-0.05, 0) is 24.8 Å². The molecule has 0 fully saturated rings. The highest BCUT2D eigenvalue weighted by Crippen LogP contribution is 2.11. The van der Waals surface area contributed by atoms with Crippen LogP contribution < -0.4 is 5.73 Å². The second-order valence-electron chi connectivity index (χ2n) is 5.73. The molecule has 2 rings (SSSR count). The standard InChI is InChI=1S/C16H24N4/c1-12(2)11-20-15(18-19-16(20)10-17)9-8-14-6-4-13(3)5-7-14/h4-7,12H,8-11,17H2,1-3H3. The van der Waals surface area contributed by atoms with Gasteiger partial charge in [0, 0.05) is 13.0 Å². The molecular weight excluding hydrogens is 248 g/mol. The van der Waals surface area contributed by atoms with E-state index in [4.69, 9.17) is 5.73 Å². The molecule has 0 radical (unpaired) electrons. The van der Waals surface area contributed by atoms with E-state index in [0.29, 0.717) is 12.5 Å². The first-order chi connectivity index (χ1) is 9.60. The highest BCUT2D eigenvalue weighted by Gasteiger charge is 2.12. The second kappa shape index (κ2) is 6.66. The summed E-state index contributed by atoms with van der Waals surface area (Å²) in [5.74, 6) is 2.49. The second-order valence-corrected chi connectivity index (χ2v) is 5.73. The minimum atomic E-state index is 0.449. The Morgan fingerprint density at radius 1 is 1.05 bits per heavy atom. The Balaban J connectivity index is 2.08. The van der Waals surface area contributed by atoms with E-state index < -0.39 is 0 Å². The SMILES string of the molecule is Cc1ccc(CCc2nnc(CN)n2CC(C)C)cc1. The van der Waals surface area contributed by atoms with E-state index in [1.807, 2.05) is 0 Å². The zero-order valence-corrected chi connectivity index (χ0v) is 12.6. The fourth-order valence-corrected chi connectivity index (χ4v) is 2.30. The molecule has 0 aliphatic heterocycles. The fourth-order valence-electron chi connectivity index (χ4n) is 2.30. The van der Waals surface area contributed by atoms with Crippen molar-refractivity contribution in [2.75, 3.05) is 0 Å². The van der Waals surface area contributed by atoms with Crippen LogP contribution in [-0.4, -0.2) is 14.8 Å². The van der Waals surface area contributed by atoms with Gasteiger partial charge in [-0.15, -0.1) is 10.2 Å². The molecule has 4 heteroatoms. The Labute approximate surface area is 121 Å². The number of hydrogen-bond acceptors (Lipinski definition) is 3. The number of nitrogens with two attached hydrogens (primary N) is 1. The summed E-state index contributed by atoms with van der Waals surface area (Å²) in [4.78, 5) is 0. The lowest BCUT2D eigenvalue weighted by molar-refractivity contribution is 0.491. The molecule has 0 aliphatic carbocycles. The molecule has 1 heterocycles. The summed E-state index contributed by atoms with van der Waals surface area (Å²) < 4.78 is 2.18. The number of rotatable bonds is 6. The van der Waals surface area contributed by atoms with Crippen LogP contribution in [0.1, 0.15) is 36.6 Å². The average molecular weight is 272 g/mol. The van der Waals surface area contributed by atoms with Gasteiger partial charge in [0.15, 0.2) is 0 Å². The summed E-state index contributed by atoms with van der Waals surface area (Å²) in [5.41, 5.74) is 8.37. The number of hydrogen-bond donors (Lipinski definition) is 1.